The van der Waals surface area contributed by atoms with E-state index in [1.165, 1.54) is 12.0 Å². The van der Waals surface area contributed by atoms with Crippen molar-refractivity contribution in [2.24, 2.45) is 5.16 Å². The van der Waals surface area contributed by atoms with Gasteiger partial charge in [-0.25, -0.2) is 4.79 Å². The summed E-state index contributed by atoms with van der Waals surface area (Å²) in [6, 6.07) is 15.0. The standard InChI is InChI=1S/C22H24N2O4/c1-4-13-24(22(25)26-3)21-12-7-6-10-19(21)17-27-20-11-8-9-18(15-20)16-23-28-14-5-2/h4-12,15-16H,1-2,13-14,17H2,3H3. The van der Waals surface area contributed by atoms with E-state index >= 15 is 0 Å². The topological polar surface area (TPSA) is 60.4 Å². The fraction of sp³-hybridized carbons (Fsp3) is 0.182. The Morgan fingerprint density at radius 2 is 1.96 bits per heavy atom. The number of rotatable bonds is 10. The fourth-order valence-electron chi connectivity index (χ4n) is 2.45. The van der Waals surface area contributed by atoms with Gasteiger partial charge < -0.3 is 14.3 Å². The number of benzene rings is 2. The van der Waals surface area contributed by atoms with Crippen LogP contribution in [-0.4, -0.2) is 32.6 Å². The van der Waals surface area contributed by atoms with Gasteiger partial charge >= 0.3 is 6.09 Å². The Hall–Kier alpha value is -3.54. The Labute approximate surface area is 165 Å². The third-order valence-electron chi connectivity index (χ3n) is 3.71. The molecule has 28 heavy (non-hydrogen) atoms. The monoisotopic (exact) mass is 380 g/mol. The van der Waals surface area contributed by atoms with Gasteiger partial charge in [-0.15, -0.1) is 6.58 Å². The molecule has 6 heteroatoms. The highest BCUT2D eigenvalue weighted by Crippen LogP contribution is 2.23. The Bertz CT molecular complexity index is 833. The smallest absolute Gasteiger partial charge is 0.414 e. The van der Waals surface area contributed by atoms with E-state index in [9.17, 15) is 4.79 Å². The van der Waals surface area contributed by atoms with Crippen molar-refractivity contribution in [2.45, 2.75) is 6.61 Å². The molecule has 0 saturated heterocycles. The van der Waals surface area contributed by atoms with Gasteiger partial charge in [0.05, 0.1) is 19.0 Å². The summed E-state index contributed by atoms with van der Waals surface area (Å²) in [7, 11) is 1.35. The molecule has 2 rings (SSSR count). The van der Waals surface area contributed by atoms with Gasteiger partial charge in [0.25, 0.3) is 0 Å². The Morgan fingerprint density at radius 3 is 2.71 bits per heavy atom. The summed E-state index contributed by atoms with van der Waals surface area (Å²) in [5, 5.41) is 3.86. The quantitative estimate of drug-likeness (QED) is 0.262. The average Bonchev–Trinajstić information content (AvgIpc) is 2.74. The molecule has 2 aromatic rings. The van der Waals surface area contributed by atoms with E-state index in [1.54, 1.807) is 18.4 Å². The number of oxime groups is 1. The number of para-hydroxylation sites is 1. The van der Waals surface area contributed by atoms with Gasteiger partial charge in [-0.2, -0.15) is 0 Å². The predicted molar refractivity (Wildman–Crippen MR) is 111 cm³/mol. The number of nitrogens with zero attached hydrogens (tertiary/aromatic N) is 2. The molecule has 146 valence electrons. The molecule has 1 amide bonds. The van der Waals surface area contributed by atoms with Gasteiger partial charge in [0, 0.05) is 12.1 Å². The van der Waals surface area contributed by atoms with Crippen LogP contribution in [0.3, 0.4) is 0 Å². The lowest BCUT2D eigenvalue weighted by Gasteiger charge is -2.22. The minimum absolute atomic E-state index is 0.286. The summed E-state index contributed by atoms with van der Waals surface area (Å²) >= 11 is 0. The molecule has 0 aliphatic rings. The van der Waals surface area contributed by atoms with Crippen LogP contribution in [0.1, 0.15) is 11.1 Å². The van der Waals surface area contributed by atoms with Crippen LogP contribution in [0, 0.1) is 0 Å². The van der Waals surface area contributed by atoms with E-state index < -0.39 is 6.09 Å². The van der Waals surface area contributed by atoms with Crippen LogP contribution in [0.4, 0.5) is 10.5 Å². The van der Waals surface area contributed by atoms with E-state index in [4.69, 9.17) is 14.3 Å². The van der Waals surface area contributed by atoms with Gasteiger partial charge in [-0.1, -0.05) is 54.2 Å². The molecular weight excluding hydrogens is 356 g/mol. The Morgan fingerprint density at radius 1 is 1.14 bits per heavy atom. The van der Waals surface area contributed by atoms with E-state index in [0.29, 0.717) is 24.6 Å². The summed E-state index contributed by atoms with van der Waals surface area (Å²) in [5.41, 5.74) is 2.41. The SMILES string of the molecule is C=CCON=Cc1cccc(OCc2ccccc2N(CC=C)C(=O)OC)c1. The summed E-state index contributed by atoms with van der Waals surface area (Å²) in [5.74, 6) is 0.677. The molecule has 0 saturated carbocycles. The molecule has 0 spiro atoms. The molecule has 0 aliphatic heterocycles. The second-order valence-corrected chi connectivity index (χ2v) is 5.68. The molecule has 6 nitrogen and oxygen atoms in total. The highest BCUT2D eigenvalue weighted by atomic mass is 16.6. The van der Waals surface area contributed by atoms with Gasteiger partial charge in [0.15, 0.2) is 0 Å². The first-order valence-electron chi connectivity index (χ1n) is 8.73. The van der Waals surface area contributed by atoms with Crippen LogP contribution in [0.5, 0.6) is 5.75 Å². The Balaban J connectivity index is 2.13. The van der Waals surface area contributed by atoms with Crippen molar-refractivity contribution in [1.82, 2.24) is 0 Å². The molecule has 0 bridgehead atoms. The van der Waals surface area contributed by atoms with Gasteiger partial charge in [-0.3, -0.25) is 4.90 Å². The van der Waals surface area contributed by atoms with Crippen molar-refractivity contribution in [3.05, 3.63) is 85.0 Å². The maximum absolute atomic E-state index is 12.1. The number of amides is 1. The first-order chi connectivity index (χ1) is 13.7. The maximum atomic E-state index is 12.1. The van der Waals surface area contributed by atoms with Gasteiger partial charge in [0.2, 0.25) is 0 Å². The Kier molecular flexibility index (Phi) is 8.33. The molecule has 0 radical (unpaired) electrons. The summed E-state index contributed by atoms with van der Waals surface area (Å²) in [6.45, 7) is 8.24. The lowest BCUT2D eigenvalue weighted by atomic mass is 10.1. The van der Waals surface area contributed by atoms with Crippen molar-refractivity contribution >= 4 is 18.0 Å². The highest BCUT2D eigenvalue weighted by molar-refractivity contribution is 5.88. The van der Waals surface area contributed by atoms with Gasteiger partial charge in [-0.05, 0) is 23.8 Å². The lowest BCUT2D eigenvalue weighted by molar-refractivity contribution is 0.176. The van der Waals surface area contributed by atoms with Crippen molar-refractivity contribution in [1.29, 1.82) is 0 Å². The average molecular weight is 380 g/mol. The fourth-order valence-corrected chi connectivity index (χ4v) is 2.45. The normalized spacial score (nSPS) is 10.3. The first kappa shape index (κ1) is 20.8. The van der Waals surface area contributed by atoms with E-state index in [2.05, 4.69) is 18.3 Å². The predicted octanol–water partition coefficient (Wildman–Crippen LogP) is 4.56. The molecule has 0 N–H and O–H groups in total. The number of methoxy groups -OCH3 is 1. The molecule has 2 aromatic carbocycles. The number of anilines is 1. The number of hydrogen-bond donors (Lipinski definition) is 0. The first-order valence-corrected chi connectivity index (χ1v) is 8.73. The second kappa shape index (κ2) is 11.2. The zero-order valence-electron chi connectivity index (χ0n) is 15.9. The molecule has 0 unspecified atom stereocenters. The van der Waals surface area contributed by atoms with Crippen molar-refractivity contribution in [3.8, 4) is 5.75 Å². The molecule has 0 heterocycles. The molecule has 0 aliphatic carbocycles. The van der Waals surface area contributed by atoms with Crippen LogP contribution in [0.15, 0.2) is 79.0 Å². The van der Waals surface area contributed by atoms with Crippen molar-refractivity contribution in [2.75, 3.05) is 25.2 Å². The van der Waals surface area contributed by atoms with Crippen molar-refractivity contribution < 1.29 is 19.1 Å². The third kappa shape index (κ3) is 6.02. The minimum Gasteiger partial charge on any atom is -0.489 e. The van der Waals surface area contributed by atoms with E-state index in [1.807, 2.05) is 48.5 Å². The van der Waals surface area contributed by atoms with Crippen LogP contribution >= 0.6 is 0 Å². The van der Waals surface area contributed by atoms with Crippen LogP contribution in [0.25, 0.3) is 0 Å². The van der Waals surface area contributed by atoms with E-state index in [-0.39, 0.29) is 6.61 Å². The molecular formula is C22H24N2O4. The second-order valence-electron chi connectivity index (χ2n) is 5.68. The molecule has 0 aromatic heterocycles. The summed E-state index contributed by atoms with van der Waals surface area (Å²) in [6.07, 6.45) is 4.42. The zero-order valence-corrected chi connectivity index (χ0v) is 15.9. The number of carbonyl (C=O) groups is 1. The maximum Gasteiger partial charge on any atom is 0.414 e. The minimum atomic E-state index is -0.454. The van der Waals surface area contributed by atoms with Crippen LogP contribution in [0.2, 0.25) is 0 Å². The summed E-state index contributed by atoms with van der Waals surface area (Å²) < 4.78 is 10.8. The molecule has 0 atom stereocenters. The van der Waals surface area contributed by atoms with Crippen molar-refractivity contribution in [3.63, 3.8) is 0 Å². The van der Waals surface area contributed by atoms with Crippen LogP contribution < -0.4 is 9.64 Å². The third-order valence-corrected chi connectivity index (χ3v) is 3.71. The number of carbonyl (C=O) groups excluding carboxylic acids is 1. The zero-order chi connectivity index (χ0) is 20.2. The number of hydrogen-bond acceptors (Lipinski definition) is 5. The van der Waals surface area contributed by atoms with Gasteiger partial charge in [0.1, 0.15) is 19.0 Å². The highest BCUT2D eigenvalue weighted by Gasteiger charge is 2.18. The van der Waals surface area contributed by atoms with E-state index in [0.717, 1.165) is 11.1 Å². The molecule has 0 fully saturated rings. The van der Waals surface area contributed by atoms with Crippen LogP contribution in [-0.2, 0) is 16.2 Å². The largest absolute Gasteiger partial charge is 0.489 e. The summed E-state index contributed by atoms with van der Waals surface area (Å²) in [4.78, 5) is 18.6. The lowest BCUT2D eigenvalue weighted by Crippen LogP contribution is -2.31. The number of ether oxygens (including phenoxy) is 2.